The van der Waals surface area contributed by atoms with Crippen LogP contribution in [-0.2, 0) is 6.18 Å². The predicted molar refractivity (Wildman–Crippen MR) is 46.9 cm³/mol. The van der Waals surface area contributed by atoms with Crippen LogP contribution in [0.25, 0.3) is 0 Å². The van der Waals surface area contributed by atoms with Crippen LogP contribution in [0, 0.1) is 9.52 Å². The van der Waals surface area contributed by atoms with Crippen LogP contribution >= 0.6 is 22.6 Å². The van der Waals surface area contributed by atoms with Crippen molar-refractivity contribution in [2.45, 2.75) is 12.6 Å². The fourth-order valence-electron chi connectivity index (χ4n) is 0.831. The predicted octanol–water partition coefficient (Wildman–Crippen LogP) is 3.78. The minimum atomic E-state index is -4.93. The van der Waals surface area contributed by atoms with Gasteiger partial charge in [0, 0.05) is 3.57 Å². The smallest absolute Gasteiger partial charge is 0.217 e. The van der Waals surface area contributed by atoms with Gasteiger partial charge in [0.15, 0.2) is 0 Å². The summed E-state index contributed by atoms with van der Waals surface area (Å²) in [6, 6.07) is 0.310. The minimum Gasteiger partial charge on any atom is -0.217 e. The molecule has 1 rings (SSSR count). The molecule has 0 radical (unpaired) electrons. The van der Waals surface area contributed by atoms with E-state index in [0.29, 0.717) is 6.07 Å². The summed E-state index contributed by atoms with van der Waals surface area (Å²) in [5.41, 5.74) is -2.63. The Balaban J connectivity index is 3.32. The summed E-state index contributed by atoms with van der Waals surface area (Å²) < 4.78 is 72.8. The monoisotopic (exact) mass is 341 g/mol. The second-order valence-electron chi connectivity index (χ2n) is 2.49. The normalized spacial score (nSPS) is 12.3. The average Bonchev–Trinajstić information content (AvgIpc) is 2.06. The zero-order valence-corrected chi connectivity index (χ0v) is 8.91. The molecule has 0 saturated carbocycles. The maximum atomic E-state index is 12.7. The Kier molecular flexibility index (Phi) is 3.46. The van der Waals surface area contributed by atoms with Crippen LogP contribution in [0.5, 0.6) is 0 Å². The van der Waals surface area contributed by atoms with Gasteiger partial charge in [-0.15, -0.1) is 0 Å². The summed E-state index contributed by atoms with van der Waals surface area (Å²) in [4.78, 5) is 2.59. The molecule has 0 bridgehead atoms. The number of rotatable bonds is 1. The molecular weight excluding hydrogens is 339 g/mol. The van der Waals surface area contributed by atoms with Crippen molar-refractivity contribution in [2.24, 2.45) is 0 Å². The minimum absolute atomic E-state index is 0.310. The molecule has 1 aromatic rings. The van der Waals surface area contributed by atoms with Gasteiger partial charge in [0.25, 0.3) is 6.43 Å². The first-order chi connectivity index (χ1) is 6.73. The molecule has 0 atom stereocenters. The van der Waals surface area contributed by atoms with E-state index in [4.69, 9.17) is 0 Å². The summed E-state index contributed by atoms with van der Waals surface area (Å²) in [6.07, 6.45) is -8.04. The maximum Gasteiger partial charge on any atom is 0.420 e. The Morgan fingerprint density at radius 2 is 1.80 bits per heavy atom. The van der Waals surface area contributed by atoms with Gasteiger partial charge in [-0.1, -0.05) is 0 Å². The third-order valence-corrected chi connectivity index (χ3v) is 2.33. The average molecular weight is 341 g/mol. The van der Waals surface area contributed by atoms with E-state index in [1.807, 2.05) is 0 Å². The van der Waals surface area contributed by atoms with Crippen LogP contribution in [0.4, 0.5) is 26.3 Å². The number of hydrogen-bond donors (Lipinski definition) is 0. The zero-order valence-electron chi connectivity index (χ0n) is 6.75. The quantitative estimate of drug-likeness (QED) is 0.430. The van der Waals surface area contributed by atoms with Crippen LogP contribution < -0.4 is 0 Å². The standard InChI is InChI=1S/C7H2F6IN/c8-5(9)4-3(14)1-2(6(10)15-4)7(11,12)13/h1,5H. The molecule has 0 aliphatic heterocycles. The number of pyridine rings is 1. The van der Waals surface area contributed by atoms with Crippen molar-refractivity contribution in [3.8, 4) is 0 Å². The Bertz CT molecular complexity index is 374. The highest BCUT2D eigenvalue weighted by molar-refractivity contribution is 14.1. The SMILES string of the molecule is Fc1nc(C(F)F)c(I)cc1C(F)(F)F. The molecule has 1 aromatic heterocycles. The lowest BCUT2D eigenvalue weighted by atomic mass is 10.2. The summed E-state index contributed by atoms with van der Waals surface area (Å²) in [5.74, 6) is -1.93. The van der Waals surface area contributed by atoms with Crippen LogP contribution in [0.1, 0.15) is 17.7 Å². The van der Waals surface area contributed by atoms with E-state index in [2.05, 4.69) is 4.98 Å². The summed E-state index contributed by atoms with van der Waals surface area (Å²) in [6.45, 7) is 0. The Morgan fingerprint density at radius 3 is 2.20 bits per heavy atom. The molecular formula is C7H2F6IN. The number of alkyl halides is 5. The van der Waals surface area contributed by atoms with E-state index < -0.39 is 33.4 Å². The largest absolute Gasteiger partial charge is 0.420 e. The number of aromatic nitrogens is 1. The van der Waals surface area contributed by atoms with E-state index >= 15 is 0 Å². The molecule has 0 saturated heterocycles. The van der Waals surface area contributed by atoms with Gasteiger partial charge in [-0.3, -0.25) is 0 Å². The second kappa shape index (κ2) is 4.14. The lowest BCUT2D eigenvalue weighted by Gasteiger charge is -2.09. The molecule has 8 heteroatoms. The number of halogens is 7. The van der Waals surface area contributed by atoms with Crippen LogP contribution in [0.2, 0.25) is 0 Å². The van der Waals surface area contributed by atoms with Crippen LogP contribution in [-0.4, -0.2) is 4.98 Å². The van der Waals surface area contributed by atoms with E-state index in [1.165, 1.54) is 22.6 Å². The fourth-order valence-corrected chi connectivity index (χ4v) is 1.50. The lowest BCUT2D eigenvalue weighted by Crippen LogP contribution is -2.12. The molecule has 1 heterocycles. The molecule has 0 N–H and O–H groups in total. The highest BCUT2D eigenvalue weighted by Gasteiger charge is 2.36. The van der Waals surface area contributed by atoms with Crippen LogP contribution in [0.15, 0.2) is 6.07 Å². The van der Waals surface area contributed by atoms with Gasteiger partial charge in [0.2, 0.25) is 5.95 Å². The highest BCUT2D eigenvalue weighted by atomic mass is 127. The Labute approximate surface area is 93.6 Å². The fraction of sp³-hybridized carbons (Fsp3) is 0.286. The molecule has 84 valence electrons. The van der Waals surface area contributed by atoms with E-state index in [0.717, 1.165) is 0 Å². The molecule has 15 heavy (non-hydrogen) atoms. The van der Waals surface area contributed by atoms with Crippen molar-refractivity contribution in [1.29, 1.82) is 0 Å². The molecule has 0 amide bonds. The van der Waals surface area contributed by atoms with Gasteiger partial charge in [-0.2, -0.15) is 17.6 Å². The first-order valence-corrected chi connectivity index (χ1v) is 4.52. The van der Waals surface area contributed by atoms with Crippen molar-refractivity contribution in [1.82, 2.24) is 4.98 Å². The molecule has 0 aromatic carbocycles. The van der Waals surface area contributed by atoms with Crippen LogP contribution in [0.3, 0.4) is 0 Å². The van der Waals surface area contributed by atoms with Gasteiger partial charge in [-0.25, -0.2) is 13.8 Å². The molecule has 0 aliphatic rings. The summed E-state index contributed by atoms with van der Waals surface area (Å²) in [5, 5.41) is 0. The maximum absolute atomic E-state index is 12.7. The third-order valence-electron chi connectivity index (χ3n) is 1.47. The van der Waals surface area contributed by atoms with Crippen molar-refractivity contribution < 1.29 is 26.3 Å². The van der Waals surface area contributed by atoms with E-state index in [9.17, 15) is 26.3 Å². The molecule has 0 unspecified atom stereocenters. The second-order valence-corrected chi connectivity index (χ2v) is 3.65. The van der Waals surface area contributed by atoms with Gasteiger partial charge in [0.1, 0.15) is 11.3 Å². The number of nitrogens with zero attached hydrogens (tertiary/aromatic N) is 1. The Morgan fingerprint density at radius 1 is 1.27 bits per heavy atom. The summed E-state index contributed by atoms with van der Waals surface area (Å²) >= 11 is 1.25. The summed E-state index contributed by atoms with van der Waals surface area (Å²) in [7, 11) is 0. The van der Waals surface area contributed by atoms with Crippen molar-refractivity contribution in [3.63, 3.8) is 0 Å². The first kappa shape index (κ1) is 12.5. The third kappa shape index (κ3) is 2.73. The van der Waals surface area contributed by atoms with Gasteiger partial charge < -0.3 is 0 Å². The molecule has 1 nitrogen and oxygen atoms in total. The highest BCUT2D eigenvalue weighted by Crippen LogP contribution is 2.33. The van der Waals surface area contributed by atoms with Gasteiger partial charge in [-0.05, 0) is 28.7 Å². The topological polar surface area (TPSA) is 12.9 Å². The van der Waals surface area contributed by atoms with Crippen molar-refractivity contribution in [2.75, 3.05) is 0 Å². The number of hydrogen-bond acceptors (Lipinski definition) is 1. The van der Waals surface area contributed by atoms with Crippen molar-refractivity contribution >= 4 is 22.6 Å². The zero-order chi connectivity index (χ0) is 11.8. The van der Waals surface area contributed by atoms with Crippen molar-refractivity contribution in [3.05, 3.63) is 26.8 Å². The molecule has 0 fully saturated rings. The van der Waals surface area contributed by atoms with Gasteiger partial charge in [0.05, 0.1) is 0 Å². The lowest BCUT2D eigenvalue weighted by molar-refractivity contribution is -0.140. The van der Waals surface area contributed by atoms with Gasteiger partial charge >= 0.3 is 6.18 Å². The molecule has 0 spiro atoms. The Hall–Kier alpha value is -0.540. The van der Waals surface area contributed by atoms with E-state index in [-0.39, 0.29) is 0 Å². The molecule has 0 aliphatic carbocycles. The van der Waals surface area contributed by atoms with E-state index in [1.54, 1.807) is 0 Å². The first-order valence-electron chi connectivity index (χ1n) is 3.44.